The van der Waals surface area contributed by atoms with Crippen molar-refractivity contribution < 1.29 is 37.1 Å². The topological polar surface area (TPSA) is 149 Å². The molecule has 0 aliphatic carbocycles. The van der Waals surface area contributed by atoms with Gasteiger partial charge in [0.25, 0.3) is 11.8 Å². The number of hydrogen-bond acceptors (Lipinski definition) is 12. The number of rotatable bonds is 12. The van der Waals surface area contributed by atoms with Crippen LogP contribution in [0.2, 0.25) is 0 Å². The van der Waals surface area contributed by atoms with Gasteiger partial charge >= 0.3 is 0 Å². The Labute approximate surface area is 366 Å². The fraction of sp³-hybridized carbons (Fsp3) is 0.532. The first-order valence-electron chi connectivity index (χ1n) is 22.1. The smallest absolute Gasteiger partial charge is 0.261 e. The Morgan fingerprint density at radius 1 is 0.694 bits per heavy atom. The van der Waals surface area contributed by atoms with Crippen LogP contribution in [-0.4, -0.2) is 149 Å². The quantitative estimate of drug-likeness (QED) is 0.258. The Hall–Kier alpha value is -4.83. The first kappa shape index (κ1) is 45.2. The average molecular weight is 871 g/mol. The van der Waals surface area contributed by atoms with Gasteiger partial charge in [-0.2, -0.15) is 0 Å². The van der Waals surface area contributed by atoms with Gasteiger partial charge in [-0.3, -0.25) is 34.3 Å². The van der Waals surface area contributed by atoms with Gasteiger partial charge in [-0.25, -0.2) is 8.42 Å². The van der Waals surface area contributed by atoms with Crippen molar-refractivity contribution in [3.8, 4) is 11.5 Å². The van der Waals surface area contributed by atoms with E-state index in [1.165, 1.54) is 36.1 Å². The number of nitrogens with zero attached hydrogens (tertiary/aromatic N) is 5. The zero-order valence-electron chi connectivity index (χ0n) is 36.6. The molecule has 1 unspecified atom stereocenters. The number of piperidine rings is 3. The molecule has 14 nitrogen and oxygen atoms in total. The standard InChI is InChI=1S/C45H56N6O6.C2H6O2S/c1-3-57-41-28-32(6-12-40(41)56-2)30-51-44(54)38-10-9-36(29-39(38)45(51)55)50-26-24-49(25-27-50)35-17-22-48(23-18-35)34-15-20-47(21-16-34)19-14-31-4-7-33(8-5-31)37-11-13-42(52)46-43(37)53;1-5(2,3)4/h4-10,12,28-29,34-35,37H,3,11,13-27,30H2,1-2H3,(H,46,52,53);1-2H3. The SMILES string of the molecule is CCOc1cc(CN2C(=O)c3ccc(N4CCN(C5CCN(C6CCN(CCc7ccc(C8CCC(=O)NC8=O)cc7)CC6)CC5)CC4)cc3C2=O)ccc1OC.CS(C)(=O)=O. The van der Waals surface area contributed by atoms with Gasteiger partial charge in [0.15, 0.2) is 11.5 Å². The molecule has 15 heteroatoms. The molecule has 0 spiro atoms. The maximum absolute atomic E-state index is 13.5. The molecular weight excluding hydrogens is 809 g/mol. The highest BCUT2D eigenvalue weighted by atomic mass is 32.2. The minimum atomic E-state index is -2.67. The van der Waals surface area contributed by atoms with Crippen LogP contribution in [0.5, 0.6) is 11.5 Å². The number of amides is 4. The van der Waals surface area contributed by atoms with Gasteiger partial charge < -0.3 is 24.2 Å². The molecule has 1 atom stereocenters. The summed E-state index contributed by atoms with van der Waals surface area (Å²) in [6.07, 6.45) is 9.18. The van der Waals surface area contributed by atoms with Crippen molar-refractivity contribution in [3.63, 3.8) is 0 Å². The number of anilines is 1. The van der Waals surface area contributed by atoms with Crippen LogP contribution in [0.15, 0.2) is 60.7 Å². The lowest BCUT2D eigenvalue weighted by molar-refractivity contribution is -0.134. The zero-order chi connectivity index (χ0) is 44.0. The summed E-state index contributed by atoms with van der Waals surface area (Å²) in [6, 6.07) is 20.9. The van der Waals surface area contributed by atoms with Crippen molar-refractivity contribution in [2.24, 2.45) is 0 Å². The number of carbonyl (C=O) groups excluding carboxylic acids is 4. The van der Waals surface area contributed by atoms with Gasteiger partial charge in [-0.1, -0.05) is 30.3 Å². The molecule has 4 fully saturated rings. The molecule has 334 valence electrons. The summed E-state index contributed by atoms with van der Waals surface area (Å²) >= 11 is 0. The number of ether oxygens (including phenoxy) is 2. The third-order valence-corrected chi connectivity index (χ3v) is 12.9. The molecule has 4 saturated heterocycles. The van der Waals surface area contributed by atoms with E-state index in [-0.39, 0.29) is 36.1 Å². The van der Waals surface area contributed by atoms with Crippen molar-refractivity contribution >= 4 is 39.2 Å². The summed E-state index contributed by atoms with van der Waals surface area (Å²) in [5.74, 6) is 0.133. The zero-order valence-corrected chi connectivity index (χ0v) is 37.5. The Balaban J connectivity index is 0.00000109. The highest BCUT2D eigenvalue weighted by Crippen LogP contribution is 2.33. The number of sulfone groups is 1. The van der Waals surface area contributed by atoms with Crippen molar-refractivity contribution in [3.05, 3.63) is 88.5 Å². The van der Waals surface area contributed by atoms with E-state index in [9.17, 15) is 27.6 Å². The van der Waals surface area contributed by atoms with Crippen LogP contribution in [-0.2, 0) is 32.4 Å². The van der Waals surface area contributed by atoms with Gasteiger partial charge in [0, 0.05) is 69.4 Å². The van der Waals surface area contributed by atoms with E-state index in [0.717, 1.165) is 94.6 Å². The second-order valence-electron chi connectivity index (χ2n) is 17.3. The van der Waals surface area contributed by atoms with Gasteiger partial charge in [0.2, 0.25) is 11.8 Å². The lowest BCUT2D eigenvalue weighted by Crippen LogP contribution is -2.55. The number of nitrogens with one attached hydrogen (secondary N) is 1. The molecule has 5 aliphatic heterocycles. The van der Waals surface area contributed by atoms with E-state index in [4.69, 9.17) is 9.47 Å². The number of carbonyl (C=O) groups is 4. The highest BCUT2D eigenvalue weighted by Gasteiger charge is 2.37. The maximum Gasteiger partial charge on any atom is 0.261 e. The minimum absolute atomic E-state index is 0.172. The largest absolute Gasteiger partial charge is 0.493 e. The van der Waals surface area contributed by atoms with E-state index in [2.05, 4.69) is 49.2 Å². The molecule has 3 aromatic carbocycles. The molecular formula is C47H62N6O8S. The fourth-order valence-electron chi connectivity index (χ4n) is 9.57. The van der Waals surface area contributed by atoms with E-state index < -0.39 is 9.84 Å². The van der Waals surface area contributed by atoms with Crippen molar-refractivity contribution in [2.45, 2.75) is 76.4 Å². The number of imide groups is 2. The molecule has 62 heavy (non-hydrogen) atoms. The van der Waals surface area contributed by atoms with E-state index >= 15 is 0 Å². The third kappa shape index (κ3) is 11.2. The van der Waals surface area contributed by atoms with Crippen LogP contribution in [0.25, 0.3) is 0 Å². The molecule has 5 heterocycles. The summed E-state index contributed by atoms with van der Waals surface area (Å²) in [5, 5.41) is 2.47. The van der Waals surface area contributed by atoms with Gasteiger partial charge in [-0.15, -0.1) is 0 Å². The van der Waals surface area contributed by atoms with E-state index in [0.29, 0.717) is 54.2 Å². The lowest BCUT2D eigenvalue weighted by atomic mass is 9.90. The normalized spacial score (nSPS) is 21.1. The van der Waals surface area contributed by atoms with Crippen LogP contribution in [0.1, 0.15) is 88.8 Å². The van der Waals surface area contributed by atoms with Crippen LogP contribution < -0.4 is 19.7 Å². The molecule has 5 aliphatic rings. The summed E-state index contributed by atoms with van der Waals surface area (Å²) in [5.41, 5.74) is 5.05. The number of fused-ring (bicyclic) bond motifs is 1. The van der Waals surface area contributed by atoms with Crippen LogP contribution >= 0.6 is 0 Å². The minimum Gasteiger partial charge on any atom is -0.493 e. The van der Waals surface area contributed by atoms with E-state index in [1.54, 1.807) is 7.11 Å². The second kappa shape index (κ2) is 20.1. The Bertz CT molecular complexity index is 2190. The highest BCUT2D eigenvalue weighted by molar-refractivity contribution is 7.89. The number of benzene rings is 3. The Morgan fingerprint density at radius 3 is 1.94 bits per heavy atom. The maximum atomic E-state index is 13.5. The first-order valence-corrected chi connectivity index (χ1v) is 24.4. The monoisotopic (exact) mass is 870 g/mol. The summed E-state index contributed by atoms with van der Waals surface area (Å²) in [4.78, 5) is 62.3. The predicted molar refractivity (Wildman–Crippen MR) is 239 cm³/mol. The average Bonchev–Trinajstić information content (AvgIpc) is 3.50. The molecule has 0 bridgehead atoms. The molecule has 8 rings (SSSR count). The molecule has 1 N–H and O–H groups in total. The molecule has 0 radical (unpaired) electrons. The van der Waals surface area contributed by atoms with Crippen molar-refractivity contribution in [1.82, 2.24) is 24.9 Å². The van der Waals surface area contributed by atoms with E-state index in [1.807, 2.05) is 43.3 Å². The summed E-state index contributed by atoms with van der Waals surface area (Å²) in [7, 11) is -1.07. The second-order valence-corrected chi connectivity index (χ2v) is 19.6. The molecule has 0 aromatic heterocycles. The first-order chi connectivity index (χ1) is 29.8. The molecule has 0 saturated carbocycles. The van der Waals surface area contributed by atoms with Gasteiger partial charge in [0.1, 0.15) is 9.84 Å². The van der Waals surface area contributed by atoms with Gasteiger partial charge in [-0.05, 0) is 119 Å². The number of piperazine rings is 1. The summed E-state index contributed by atoms with van der Waals surface area (Å²) in [6.45, 7) is 12.0. The fourth-order valence-corrected chi connectivity index (χ4v) is 9.57. The van der Waals surface area contributed by atoms with Crippen LogP contribution in [0.3, 0.4) is 0 Å². The molecule has 3 aromatic rings. The number of methoxy groups -OCH3 is 1. The van der Waals surface area contributed by atoms with Crippen molar-refractivity contribution in [2.75, 3.05) is 90.0 Å². The van der Waals surface area contributed by atoms with Gasteiger partial charge in [0.05, 0.1) is 37.3 Å². The number of hydrogen-bond donors (Lipinski definition) is 1. The third-order valence-electron chi connectivity index (χ3n) is 12.9. The lowest BCUT2D eigenvalue weighted by Gasteiger charge is -2.46. The summed E-state index contributed by atoms with van der Waals surface area (Å²) < 4.78 is 30.4. The Morgan fingerprint density at radius 2 is 1.31 bits per heavy atom. The van der Waals surface area contributed by atoms with Crippen molar-refractivity contribution in [1.29, 1.82) is 0 Å². The predicted octanol–water partition coefficient (Wildman–Crippen LogP) is 4.36. The van der Waals surface area contributed by atoms with Crippen LogP contribution in [0, 0.1) is 0 Å². The number of likely N-dealkylation sites (tertiary alicyclic amines) is 2. The van der Waals surface area contributed by atoms with Crippen LogP contribution in [0.4, 0.5) is 5.69 Å². The Kier molecular flexibility index (Phi) is 14.7. The molecule has 4 amide bonds.